The Morgan fingerprint density at radius 2 is 2.00 bits per heavy atom. The van der Waals surface area contributed by atoms with E-state index in [2.05, 4.69) is 0 Å². The number of hydrogen-bond donors (Lipinski definition) is 0. The van der Waals surface area contributed by atoms with Gasteiger partial charge in [-0.1, -0.05) is 19.1 Å². The number of hydrogen-bond acceptors (Lipinski definition) is 4. The Hall–Kier alpha value is -2.36. The topological polar surface area (TPSA) is 56.5 Å². The molecule has 4 nitrogen and oxygen atoms in total. The lowest BCUT2D eigenvalue weighted by Crippen LogP contribution is -2.42. The van der Waals surface area contributed by atoms with Crippen molar-refractivity contribution in [2.75, 3.05) is 0 Å². The summed E-state index contributed by atoms with van der Waals surface area (Å²) >= 11 is 0. The predicted molar refractivity (Wildman–Crippen MR) is 72.0 cm³/mol. The Bertz CT molecular complexity index is 642. The van der Waals surface area contributed by atoms with Crippen LogP contribution in [0.2, 0.25) is 0 Å². The maximum absolute atomic E-state index is 12.6. The summed E-state index contributed by atoms with van der Waals surface area (Å²) in [6.07, 6.45) is 1.56. The van der Waals surface area contributed by atoms with E-state index in [1.54, 1.807) is 30.3 Å². The number of rotatable bonds is 3. The molecule has 0 bridgehead atoms. The van der Waals surface area contributed by atoms with Gasteiger partial charge in [0.15, 0.2) is 11.5 Å². The van der Waals surface area contributed by atoms with Crippen molar-refractivity contribution in [1.29, 1.82) is 0 Å². The molecule has 0 unspecified atom stereocenters. The highest BCUT2D eigenvalue weighted by Crippen LogP contribution is 2.33. The molecular formula is C16H14O4. The zero-order valence-electron chi connectivity index (χ0n) is 11.0. The van der Waals surface area contributed by atoms with E-state index in [4.69, 9.17) is 9.15 Å². The van der Waals surface area contributed by atoms with Crippen LogP contribution in [0.25, 0.3) is 0 Å². The molecule has 2 heterocycles. The van der Waals surface area contributed by atoms with Gasteiger partial charge in [0.2, 0.25) is 5.78 Å². The Morgan fingerprint density at radius 3 is 2.70 bits per heavy atom. The van der Waals surface area contributed by atoms with Gasteiger partial charge in [-0.3, -0.25) is 9.59 Å². The minimum Gasteiger partial charge on any atom is -0.488 e. The molecule has 1 aliphatic heterocycles. The van der Waals surface area contributed by atoms with Gasteiger partial charge in [-0.25, -0.2) is 0 Å². The molecule has 20 heavy (non-hydrogen) atoms. The highest BCUT2D eigenvalue weighted by Gasteiger charge is 2.42. The standard InChI is InChI=1S/C16H14O4/c1-2-11-14(16(18)13-8-5-9-19-13)15(17)10-6-3-4-7-12(10)20-11/h3-9,11,14H,2H2,1H3/t11-,14-/m0/s1. The van der Waals surface area contributed by atoms with Crippen LogP contribution in [0.1, 0.15) is 34.3 Å². The number of para-hydroxylation sites is 1. The first-order valence-electron chi connectivity index (χ1n) is 6.60. The molecule has 0 saturated heterocycles. The van der Waals surface area contributed by atoms with Crippen molar-refractivity contribution in [2.45, 2.75) is 19.4 Å². The van der Waals surface area contributed by atoms with E-state index >= 15 is 0 Å². The summed E-state index contributed by atoms with van der Waals surface area (Å²) in [4.78, 5) is 25.0. The van der Waals surface area contributed by atoms with Crippen LogP contribution in [-0.4, -0.2) is 17.7 Å². The van der Waals surface area contributed by atoms with Crippen LogP contribution < -0.4 is 4.74 Å². The highest BCUT2D eigenvalue weighted by atomic mass is 16.5. The zero-order valence-corrected chi connectivity index (χ0v) is 11.0. The quantitative estimate of drug-likeness (QED) is 0.635. The van der Waals surface area contributed by atoms with Crippen LogP contribution in [0.4, 0.5) is 0 Å². The SMILES string of the molecule is CC[C@@H]1Oc2ccccc2C(=O)[C@H]1C(=O)c1ccco1. The molecular weight excluding hydrogens is 256 g/mol. The maximum atomic E-state index is 12.6. The fraction of sp³-hybridized carbons (Fsp3) is 0.250. The van der Waals surface area contributed by atoms with Crippen LogP contribution in [0.15, 0.2) is 47.1 Å². The summed E-state index contributed by atoms with van der Waals surface area (Å²) in [7, 11) is 0. The summed E-state index contributed by atoms with van der Waals surface area (Å²) < 4.78 is 10.9. The molecule has 0 radical (unpaired) electrons. The summed E-state index contributed by atoms with van der Waals surface area (Å²) in [5, 5.41) is 0. The number of fused-ring (bicyclic) bond motifs is 1. The number of benzene rings is 1. The van der Waals surface area contributed by atoms with Crippen LogP contribution in [-0.2, 0) is 0 Å². The van der Waals surface area contributed by atoms with Crippen molar-refractivity contribution in [2.24, 2.45) is 5.92 Å². The number of ether oxygens (including phenoxy) is 1. The fourth-order valence-electron chi connectivity index (χ4n) is 2.52. The Kier molecular flexibility index (Phi) is 3.14. The molecule has 1 aliphatic rings. The second kappa shape index (κ2) is 4.96. The third kappa shape index (κ3) is 1.93. The van der Waals surface area contributed by atoms with E-state index < -0.39 is 12.0 Å². The van der Waals surface area contributed by atoms with Gasteiger partial charge in [0.25, 0.3) is 0 Å². The maximum Gasteiger partial charge on any atom is 0.212 e. The number of furan rings is 1. The van der Waals surface area contributed by atoms with Crippen LogP contribution in [0.5, 0.6) is 5.75 Å². The number of carbonyl (C=O) groups excluding carboxylic acids is 2. The van der Waals surface area contributed by atoms with Gasteiger partial charge in [-0.2, -0.15) is 0 Å². The molecule has 0 spiro atoms. The molecule has 1 aromatic heterocycles. The van der Waals surface area contributed by atoms with E-state index in [1.807, 2.05) is 13.0 Å². The third-order valence-electron chi connectivity index (χ3n) is 3.53. The van der Waals surface area contributed by atoms with Gasteiger partial charge in [0.1, 0.15) is 17.8 Å². The van der Waals surface area contributed by atoms with Gasteiger partial charge < -0.3 is 9.15 Å². The molecule has 1 aromatic carbocycles. The van der Waals surface area contributed by atoms with Crippen LogP contribution in [0, 0.1) is 5.92 Å². The molecule has 2 aromatic rings. The summed E-state index contributed by atoms with van der Waals surface area (Å²) in [6.45, 7) is 1.90. The Labute approximate surface area is 116 Å². The second-order valence-electron chi connectivity index (χ2n) is 4.74. The predicted octanol–water partition coefficient (Wildman–Crippen LogP) is 3.13. The summed E-state index contributed by atoms with van der Waals surface area (Å²) in [6, 6.07) is 10.2. The van der Waals surface area contributed by atoms with Crippen molar-refractivity contribution in [1.82, 2.24) is 0 Å². The highest BCUT2D eigenvalue weighted by molar-refractivity contribution is 6.17. The smallest absolute Gasteiger partial charge is 0.212 e. The minimum atomic E-state index is -0.832. The molecule has 0 aliphatic carbocycles. The molecule has 0 fully saturated rings. The number of ketones is 2. The van der Waals surface area contributed by atoms with Gasteiger partial charge >= 0.3 is 0 Å². The van der Waals surface area contributed by atoms with E-state index in [9.17, 15) is 9.59 Å². The average Bonchev–Trinajstić information content (AvgIpc) is 3.00. The molecule has 0 saturated carbocycles. The van der Waals surface area contributed by atoms with Crippen LogP contribution >= 0.6 is 0 Å². The van der Waals surface area contributed by atoms with Gasteiger partial charge in [-0.15, -0.1) is 0 Å². The lowest BCUT2D eigenvalue weighted by Gasteiger charge is -2.30. The summed E-state index contributed by atoms with van der Waals surface area (Å²) in [5.41, 5.74) is 0.460. The third-order valence-corrected chi connectivity index (χ3v) is 3.53. The Balaban J connectivity index is 2.02. The minimum absolute atomic E-state index is 0.194. The second-order valence-corrected chi connectivity index (χ2v) is 4.74. The first-order valence-corrected chi connectivity index (χ1v) is 6.60. The van der Waals surface area contributed by atoms with Crippen molar-refractivity contribution in [3.63, 3.8) is 0 Å². The number of Topliss-reactive ketones (excluding diaryl/α,β-unsaturated/α-hetero) is 2. The molecule has 102 valence electrons. The van der Waals surface area contributed by atoms with Crippen molar-refractivity contribution in [3.05, 3.63) is 54.0 Å². The van der Waals surface area contributed by atoms with Crippen molar-refractivity contribution < 1.29 is 18.7 Å². The summed E-state index contributed by atoms with van der Waals surface area (Å²) in [5.74, 6) is -0.597. The number of carbonyl (C=O) groups is 2. The van der Waals surface area contributed by atoms with E-state index in [0.717, 1.165) is 0 Å². The molecule has 0 amide bonds. The van der Waals surface area contributed by atoms with Crippen molar-refractivity contribution >= 4 is 11.6 Å². The molecule has 4 heteroatoms. The normalized spacial score (nSPS) is 21.1. The van der Waals surface area contributed by atoms with Crippen molar-refractivity contribution in [3.8, 4) is 5.75 Å². The molecule has 0 N–H and O–H groups in total. The lowest BCUT2D eigenvalue weighted by atomic mass is 9.84. The fourth-order valence-corrected chi connectivity index (χ4v) is 2.52. The van der Waals surface area contributed by atoms with Gasteiger partial charge in [0.05, 0.1) is 11.8 Å². The van der Waals surface area contributed by atoms with E-state index in [1.165, 1.54) is 6.26 Å². The van der Waals surface area contributed by atoms with Crippen LogP contribution in [0.3, 0.4) is 0 Å². The zero-order chi connectivity index (χ0) is 14.1. The average molecular weight is 270 g/mol. The molecule has 2 atom stereocenters. The largest absolute Gasteiger partial charge is 0.488 e. The monoisotopic (exact) mass is 270 g/mol. The van der Waals surface area contributed by atoms with Gasteiger partial charge in [-0.05, 0) is 30.7 Å². The van der Waals surface area contributed by atoms with Gasteiger partial charge in [0, 0.05) is 0 Å². The van der Waals surface area contributed by atoms with E-state index in [-0.39, 0.29) is 17.3 Å². The first kappa shape index (κ1) is 12.7. The Morgan fingerprint density at radius 1 is 1.20 bits per heavy atom. The molecule has 3 rings (SSSR count). The first-order chi connectivity index (χ1) is 9.72. The van der Waals surface area contributed by atoms with E-state index in [0.29, 0.717) is 17.7 Å². The lowest BCUT2D eigenvalue weighted by molar-refractivity contribution is 0.0549.